The van der Waals surface area contributed by atoms with E-state index >= 15 is 0 Å². The monoisotopic (exact) mass is 250 g/mol. The van der Waals surface area contributed by atoms with Gasteiger partial charge < -0.3 is 9.15 Å². The van der Waals surface area contributed by atoms with E-state index in [2.05, 4.69) is 17.1 Å². The highest BCUT2D eigenvalue weighted by molar-refractivity contribution is 7.99. The quantitative estimate of drug-likeness (QED) is 0.764. The first-order chi connectivity index (χ1) is 8.33. The molecule has 0 unspecified atom stereocenters. The molecule has 0 fully saturated rings. The van der Waals surface area contributed by atoms with E-state index < -0.39 is 0 Å². The zero-order valence-corrected chi connectivity index (χ0v) is 10.7. The molecule has 0 amide bonds. The number of ether oxygens (including phenoxy) is 1. The molecule has 0 aliphatic rings. The lowest BCUT2D eigenvalue weighted by Crippen LogP contribution is -1.93. The van der Waals surface area contributed by atoms with Crippen LogP contribution >= 0.6 is 11.8 Å². The summed E-state index contributed by atoms with van der Waals surface area (Å²) in [6.07, 6.45) is 0.598. The molecule has 0 radical (unpaired) electrons. The fourth-order valence-corrected chi connectivity index (χ4v) is 2.00. The Morgan fingerprint density at radius 2 is 2.12 bits per heavy atom. The van der Waals surface area contributed by atoms with Crippen molar-refractivity contribution in [2.24, 2.45) is 0 Å². The molecule has 0 saturated heterocycles. The molecule has 2 rings (SSSR count). The van der Waals surface area contributed by atoms with Crippen LogP contribution in [0.5, 0.6) is 5.75 Å². The minimum Gasteiger partial charge on any atom is -0.496 e. The third kappa shape index (κ3) is 3.00. The summed E-state index contributed by atoms with van der Waals surface area (Å²) in [6.45, 7) is 2.05. The van der Waals surface area contributed by atoms with Gasteiger partial charge in [0.05, 0.1) is 13.5 Å². The maximum absolute atomic E-state index is 5.51. The van der Waals surface area contributed by atoms with Crippen LogP contribution in [0.1, 0.15) is 18.4 Å². The molecule has 0 aliphatic carbocycles. The predicted octanol–water partition coefficient (Wildman–Crippen LogP) is 2.78. The highest BCUT2D eigenvalue weighted by atomic mass is 32.2. The Labute approximate surface area is 104 Å². The fraction of sp³-hybridized carbons (Fsp3) is 0.333. The van der Waals surface area contributed by atoms with E-state index in [1.807, 2.05) is 24.3 Å². The van der Waals surface area contributed by atoms with Crippen LogP contribution in [0, 0.1) is 0 Å². The molecule has 1 aromatic carbocycles. The van der Waals surface area contributed by atoms with Gasteiger partial charge in [-0.1, -0.05) is 36.9 Å². The largest absolute Gasteiger partial charge is 0.496 e. The second-order valence-corrected chi connectivity index (χ2v) is 4.60. The number of aromatic nitrogens is 2. The maximum Gasteiger partial charge on any atom is 0.276 e. The van der Waals surface area contributed by atoms with Crippen LogP contribution in [-0.2, 0) is 6.42 Å². The standard InChI is InChI=1S/C12H14N2O2S/c1-3-17-12-14-13-11(16-12)8-9-6-4-5-7-10(9)15-2/h4-7H,3,8H2,1-2H3. The van der Waals surface area contributed by atoms with E-state index in [-0.39, 0.29) is 0 Å². The SMILES string of the molecule is CCSc1nnc(Cc2ccccc2OC)o1. The van der Waals surface area contributed by atoms with E-state index in [1.165, 1.54) is 0 Å². The highest BCUT2D eigenvalue weighted by Crippen LogP contribution is 2.22. The number of hydrogen-bond donors (Lipinski definition) is 0. The number of hydrogen-bond acceptors (Lipinski definition) is 5. The Kier molecular flexibility index (Phi) is 4.03. The first-order valence-electron chi connectivity index (χ1n) is 5.40. The summed E-state index contributed by atoms with van der Waals surface area (Å²) in [5.41, 5.74) is 1.05. The van der Waals surface area contributed by atoms with Gasteiger partial charge in [0.15, 0.2) is 0 Å². The van der Waals surface area contributed by atoms with Crippen molar-refractivity contribution in [2.45, 2.75) is 18.6 Å². The number of para-hydroxylation sites is 1. The molecule has 1 heterocycles. The van der Waals surface area contributed by atoms with E-state index in [1.54, 1.807) is 18.9 Å². The minimum absolute atomic E-state index is 0.598. The van der Waals surface area contributed by atoms with Gasteiger partial charge in [-0.05, 0) is 11.8 Å². The topological polar surface area (TPSA) is 48.2 Å². The maximum atomic E-state index is 5.51. The number of thioether (sulfide) groups is 1. The molecule has 90 valence electrons. The Balaban J connectivity index is 2.13. The van der Waals surface area contributed by atoms with Gasteiger partial charge in [-0.3, -0.25) is 0 Å². The molecule has 0 atom stereocenters. The summed E-state index contributed by atoms with van der Waals surface area (Å²) >= 11 is 1.55. The van der Waals surface area contributed by atoms with Gasteiger partial charge in [0.2, 0.25) is 5.89 Å². The first kappa shape index (κ1) is 12.0. The zero-order valence-electron chi connectivity index (χ0n) is 9.84. The Hall–Kier alpha value is -1.49. The van der Waals surface area contributed by atoms with E-state index in [9.17, 15) is 0 Å². The third-order valence-electron chi connectivity index (χ3n) is 2.25. The first-order valence-corrected chi connectivity index (χ1v) is 6.39. The van der Waals surface area contributed by atoms with Crippen LogP contribution in [0.3, 0.4) is 0 Å². The average molecular weight is 250 g/mol. The highest BCUT2D eigenvalue weighted by Gasteiger charge is 2.09. The molecule has 17 heavy (non-hydrogen) atoms. The molecule has 2 aromatic rings. The van der Waals surface area contributed by atoms with Crippen LogP contribution in [-0.4, -0.2) is 23.1 Å². The number of nitrogens with zero attached hydrogens (tertiary/aromatic N) is 2. The van der Waals surface area contributed by atoms with E-state index in [0.29, 0.717) is 17.5 Å². The van der Waals surface area contributed by atoms with Gasteiger partial charge in [-0.25, -0.2) is 0 Å². The van der Waals surface area contributed by atoms with Crippen LogP contribution in [0.15, 0.2) is 33.9 Å². The molecule has 0 aliphatic heterocycles. The molecule has 0 bridgehead atoms. The smallest absolute Gasteiger partial charge is 0.276 e. The van der Waals surface area contributed by atoms with Crippen LogP contribution in [0.25, 0.3) is 0 Å². The number of methoxy groups -OCH3 is 1. The molecule has 0 spiro atoms. The van der Waals surface area contributed by atoms with E-state index in [4.69, 9.17) is 9.15 Å². The molecular formula is C12H14N2O2S. The predicted molar refractivity (Wildman–Crippen MR) is 66.5 cm³/mol. The van der Waals surface area contributed by atoms with Crippen molar-refractivity contribution in [1.29, 1.82) is 0 Å². The third-order valence-corrected chi connectivity index (χ3v) is 2.95. The Morgan fingerprint density at radius 3 is 2.88 bits per heavy atom. The fourth-order valence-electron chi connectivity index (χ4n) is 1.50. The zero-order chi connectivity index (χ0) is 12.1. The van der Waals surface area contributed by atoms with Crippen molar-refractivity contribution in [2.75, 3.05) is 12.9 Å². The summed E-state index contributed by atoms with van der Waals surface area (Å²) in [6, 6.07) is 7.83. The van der Waals surface area contributed by atoms with Crippen LogP contribution in [0.4, 0.5) is 0 Å². The summed E-state index contributed by atoms with van der Waals surface area (Å²) in [7, 11) is 1.66. The molecule has 0 saturated carbocycles. The lowest BCUT2D eigenvalue weighted by Gasteiger charge is -2.05. The summed E-state index contributed by atoms with van der Waals surface area (Å²) < 4.78 is 10.8. The van der Waals surface area contributed by atoms with Crippen molar-refractivity contribution in [3.63, 3.8) is 0 Å². The van der Waals surface area contributed by atoms with Gasteiger partial charge in [-0.15, -0.1) is 10.2 Å². The van der Waals surface area contributed by atoms with Gasteiger partial charge in [0.25, 0.3) is 5.22 Å². The summed E-state index contributed by atoms with van der Waals surface area (Å²) in [5.74, 6) is 2.39. The van der Waals surface area contributed by atoms with Crippen molar-refractivity contribution >= 4 is 11.8 Å². The summed E-state index contributed by atoms with van der Waals surface area (Å²) in [5, 5.41) is 8.60. The van der Waals surface area contributed by atoms with Gasteiger partial charge >= 0.3 is 0 Å². The summed E-state index contributed by atoms with van der Waals surface area (Å²) in [4.78, 5) is 0. The van der Waals surface area contributed by atoms with Crippen molar-refractivity contribution < 1.29 is 9.15 Å². The molecular weight excluding hydrogens is 236 g/mol. The molecule has 5 heteroatoms. The molecule has 4 nitrogen and oxygen atoms in total. The Morgan fingerprint density at radius 1 is 1.29 bits per heavy atom. The normalized spacial score (nSPS) is 10.5. The van der Waals surface area contributed by atoms with Crippen molar-refractivity contribution in [3.8, 4) is 5.75 Å². The van der Waals surface area contributed by atoms with E-state index in [0.717, 1.165) is 17.1 Å². The van der Waals surface area contributed by atoms with Crippen LogP contribution < -0.4 is 4.74 Å². The van der Waals surface area contributed by atoms with Crippen LogP contribution in [0.2, 0.25) is 0 Å². The minimum atomic E-state index is 0.598. The lowest BCUT2D eigenvalue weighted by molar-refractivity contribution is 0.400. The van der Waals surface area contributed by atoms with Gasteiger partial charge in [-0.2, -0.15) is 0 Å². The number of rotatable bonds is 5. The molecule has 0 N–H and O–H groups in total. The number of benzene rings is 1. The van der Waals surface area contributed by atoms with Crippen molar-refractivity contribution in [1.82, 2.24) is 10.2 Å². The van der Waals surface area contributed by atoms with Gasteiger partial charge in [0, 0.05) is 5.56 Å². The Bertz CT molecular complexity index is 485. The van der Waals surface area contributed by atoms with Gasteiger partial charge in [0.1, 0.15) is 5.75 Å². The van der Waals surface area contributed by atoms with Crippen molar-refractivity contribution in [3.05, 3.63) is 35.7 Å². The second kappa shape index (κ2) is 5.72. The lowest BCUT2D eigenvalue weighted by atomic mass is 10.1. The average Bonchev–Trinajstić information content (AvgIpc) is 2.78. The molecule has 1 aromatic heterocycles. The second-order valence-electron chi connectivity index (χ2n) is 3.38.